The quantitative estimate of drug-likeness (QED) is 0.857. The van der Waals surface area contributed by atoms with Crippen molar-refractivity contribution < 1.29 is 8.42 Å². The maximum absolute atomic E-state index is 12.2. The van der Waals surface area contributed by atoms with Gasteiger partial charge in [-0.05, 0) is 37.9 Å². The first-order valence-corrected chi connectivity index (χ1v) is 7.34. The lowest BCUT2D eigenvalue weighted by atomic mass is 10.1. The van der Waals surface area contributed by atoms with Gasteiger partial charge in [0.05, 0.1) is 10.9 Å². The Kier molecular flexibility index (Phi) is 3.40. The average molecular weight is 254 g/mol. The second-order valence-electron chi connectivity index (χ2n) is 4.53. The van der Waals surface area contributed by atoms with E-state index in [1.165, 1.54) is 0 Å². The fraction of sp³-hybridized carbons (Fsp3) is 0.500. The summed E-state index contributed by atoms with van der Waals surface area (Å²) in [5, 5.41) is 2.76. The molecule has 1 aromatic rings. The molecular weight excluding hydrogens is 236 g/mol. The molecule has 2 N–H and O–H groups in total. The fourth-order valence-corrected chi connectivity index (χ4v) is 3.63. The highest BCUT2D eigenvalue weighted by Crippen LogP contribution is 2.23. The minimum Gasteiger partial charge on any atom is -0.315 e. The van der Waals surface area contributed by atoms with Gasteiger partial charge in [-0.2, -0.15) is 0 Å². The van der Waals surface area contributed by atoms with Gasteiger partial charge in [-0.1, -0.05) is 18.2 Å². The summed E-state index contributed by atoms with van der Waals surface area (Å²) in [4.78, 5) is 0. The first-order valence-electron chi connectivity index (χ1n) is 5.79. The lowest BCUT2D eigenvalue weighted by Crippen LogP contribution is -2.30. The second-order valence-corrected chi connectivity index (χ2v) is 6.49. The monoisotopic (exact) mass is 254 g/mol. The van der Waals surface area contributed by atoms with E-state index in [1.807, 2.05) is 32.0 Å². The molecule has 1 fully saturated rings. The molecule has 0 aliphatic carbocycles. The molecular formula is C12H18N2O2S. The van der Waals surface area contributed by atoms with Crippen LogP contribution in [0.15, 0.2) is 18.2 Å². The summed E-state index contributed by atoms with van der Waals surface area (Å²) < 4.78 is 27.0. The highest BCUT2D eigenvalue weighted by molar-refractivity contribution is 7.93. The molecule has 1 aromatic carbocycles. The van der Waals surface area contributed by atoms with E-state index < -0.39 is 10.0 Å². The van der Waals surface area contributed by atoms with E-state index in [-0.39, 0.29) is 5.25 Å². The van der Waals surface area contributed by atoms with Crippen molar-refractivity contribution in [2.24, 2.45) is 0 Å². The number of para-hydroxylation sites is 1. The van der Waals surface area contributed by atoms with Crippen LogP contribution in [0.1, 0.15) is 17.5 Å². The molecule has 5 heteroatoms. The molecule has 0 bridgehead atoms. The van der Waals surface area contributed by atoms with Gasteiger partial charge in [-0.3, -0.25) is 4.72 Å². The summed E-state index contributed by atoms with van der Waals surface area (Å²) in [6.07, 6.45) is 0.681. The standard InChI is InChI=1S/C12H18N2O2S/c1-9-4-3-5-10(2)12(9)14-17(15,16)11-6-7-13-8-11/h3-5,11,13-14H,6-8H2,1-2H3. The summed E-state index contributed by atoms with van der Waals surface area (Å²) in [6.45, 7) is 5.15. The Morgan fingerprint density at radius 3 is 2.47 bits per heavy atom. The smallest absolute Gasteiger partial charge is 0.236 e. The van der Waals surface area contributed by atoms with Crippen molar-refractivity contribution in [3.63, 3.8) is 0 Å². The van der Waals surface area contributed by atoms with Gasteiger partial charge >= 0.3 is 0 Å². The molecule has 0 radical (unpaired) electrons. The normalized spacial score (nSPS) is 20.5. The molecule has 94 valence electrons. The zero-order valence-electron chi connectivity index (χ0n) is 10.2. The minimum absolute atomic E-state index is 0.318. The van der Waals surface area contributed by atoms with Crippen LogP contribution >= 0.6 is 0 Å². The molecule has 0 saturated carbocycles. The number of aryl methyl sites for hydroxylation is 2. The number of rotatable bonds is 3. The van der Waals surface area contributed by atoms with Crippen LogP contribution in [0, 0.1) is 13.8 Å². The maximum atomic E-state index is 12.2. The Labute approximate surface area is 102 Å². The Hall–Kier alpha value is -1.07. The van der Waals surface area contributed by atoms with E-state index in [1.54, 1.807) is 0 Å². The van der Waals surface area contributed by atoms with Crippen LogP contribution in [-0.4, -0.2) is 26.8 Å². The number of sulfonamides is 1. The van der Waals surface area contributed by atoms with Crippen molar-refractivity contribution in [1.82, 2.24) is 5.32 Å². The van der Waals surface area contributed by atoms with Crippen LogP contribution in [0.4, 0.5) is 5.69 Å². The number of hydrogen-bond donors (Lipinski definition) is 2. The summed E-state index contributed by atoms with van der Waals surface area (Å²) in [7, 11) is -3.27. The van der Waals surface area contributed by atoms with E-state index in [0.29, 0.717) is 13.0 Å². The lowest BCUT2D eigenvalue weighted by Gasteiger charge is -2.16. The molecule has 1 heterocycles. The van der Waals surface area contributed by atoms with E-state index >= 15 is 0 Å². The van der Waals surface area contributed by atoms with Crippen LogP contribution < -0.4 is 10.0 Å². The molecule has 0 spiro atoms. The van der Waals surface area contributed by atoms with Gasteiger partial charge in [0.2, 0.25) is 10.0 Å². The predicted molar refractivity (Wildman–Crippen MR) is 69.7 cm³/mol. The third-order valence-electron chi connectivity index (χ3n) is 3.18. The van der Waals surface area contributed by atoms with Gasteiger partial charge in [0.1, 0.15) is 0 Å². The van der Waals surface area contributed by atoms with Crippen molar-refractivity contribution >= 4 is 15.7 Å². The fourth-order valence-electron chi connectivity index (χ4n) is 2.09. The summed E-state index contributed by atoms with van der Waals surface area (Å²) in [5.74, 6) is 0. The van der Waals surface area contributed by atoms with Crippen molar-refractivity contribution in [3.05, 3.63) is 29.3 Å². The molecule has 1 unspecified atom stereocenters. The molecule has 1 aliphatic rings. The van der Waals surface area contributed by atoms with Gasteiger partial charge in [0, 0.05) is 6.54 Å². The van der Waals surface area contributed by atoms with Crippen molar-refractivity contribution in [2.45, 2.75) is 25.5 Å². The van der Waals surface area contributed by atoms with Gasteiger partial charge < -0.3 is 5.32 Å². The predicted octanol–water partition coefficient (Wildman–Crippen LogP) is 1.41. The van der Waals surface area contributed by atoms with E-state index in [4.69, 9.17) is 0 Å². The van der Waals surface area contributed by atoms with Crippen LogP contribution in [0.2, 0.25) is 0 Å². The Morgan fingerprint density at radius 1 is 1.29 bits per heavy atom. The number of hydrogen-bond acceptors (Lipinski definition) is 3. The van der Waals surface area contributed by atoms with Crippen molar-refractivity contribution in [2.75, 3.05) is 17.8 Å². The molecule has 1 saturated heterocycles. The molecule has 0 amide bonds. The number of nitrogens with one attached hydrogen (secondary N) is 2. The Morgan fingerprint density at radius 2 is 1.94 bits per heavy atom. The summed E-state index contributed by atoms with van der Waals surface area (Å²) in [6, 6.07) is 5.76. The van der Waals surface area contributed by atoms with Gasteiger partial charge in [-0.15, -0.1) is 0 Å². The number of anilines is 1. The second kappa shape index (κ2) is 4.66. The highest BCUT2D eigenvalue weighted by Gasteiger charge is 2.29. The average Bonchev–Trinajstić information content (AvgIpc) is 2.77. The molecule has 2 rings (SSSR count). The zero-order valence-corrected chi connectivity index (χ0v) is 11.0. The third kappa shape index (κ3) is 2.61. The first kappa shape index (κ1) is 12.4. The van der Waals surface area contributed by atoms with E-state index in [2.05, 4.69) is 10.0 Å². The lowest BCUT2D eigenvalue weighted by molar-refractivity contribution is 0.588. The summed E-state index contributed by atoms with van der Waals surface area (Å²) >= 11 is 0. The van der Waals surface area contributed by atoms with Gasteiger partial charge in [0.15, 0.2) is 0 Å². The van der Waals surface area contributed by atoms with Gasteiger partial charge in [-0.25, -0.2) is 8.42 Å². The zero-order chi connectivity index (χ0) is 12.5. The van der Waals surface area contributed by atoms with Gasteiger partial charge in [0.25, 0.3) is 0 Å². The Bertz CT molecular complexity index is 485. The largest absolute Gasteiger partial charge is 0.315 e. The molecule has 17 heavy (non-hydrogen) atoms. The van der Waals surface area contributed by atoms with Crippen LogP contribution in [0.3, 0.4) is 0 Å². The Balaban J connectivity index is 2.26. The minimum atomic E-state index is -3.27. The molecule has 4 nitrogen and oxygen atoms in total. The SMILES string of the molecule is Cc1cccc(C)c1NS(=O)(=O)C1CCNC1. The van der Waals surface area contributed by atoms with E-state index in [9.17, 15) is 8.42 Å². The van der Waals surface area contributed by atoms with Crippen LogP contribution in [-0.2, 0) is 10.0 Å². The molecule has 0 aromatic heterocycles. The first-order chi connectivity index (χ1) is 8.00. The number of benzene rings is 1. The van der Waals surface area contributed by atoms with Crippen LogP contribution in [0.5, 0.6) is 0 Å². The topological polar surface area (TPSA) is 58.2 Å². The van der Waals surface area contributed by atoms with Crippen LogP contribution in [0.25, 0.3) is 0 Å². The van der Waals surface area contributed by atoms with Crippen molar-refractivity contribution in [3.8, 4) is 0 Å². The summed E-state index contributed by atoms with van der Waals surface area (Å²) in [5.41, 5.74) is 2.64. The van der Waals surface area contributed by atoms with Crippen molar-refractivity contribution in [1.29, 1.82) is 0 Å². The highest BCUT2D eigenvalue weighted by atomic mass is 32.2. The van der Waals surface area contributed by atoms with E-state index in [0.717, 1.165) is 23.4 Å². The molecule has 1 aliphatic heterocycles. The maximum Gasteiger partial charge on any atom is 0.236 e. The molecule has 1 atom stereocenters. The third-order valence-corrected chi connectivity index (χ3v) is 4.95.